The summed E-state index contributed by atoms with van der Waals surface area (Å²) < 4.78 is 5.32. The van der Waals surface area contributed by atoms with Gasteiger partial charge in [0.05, 0.1) is 18.4 Å². The molecule has 0 heterocycles. The molecule has 1 amide bonds. The Morgan fingerprint density at radius 2 is 2.00 bits per heavy atom. The zero-order chi connectivity index (χ0) is 15.9. The number of nitrogens with one attached hydrogen (secondary N) is 1. The minimum absolute atomic E-state index is 0.0176. The molecule has 22 heavy (non-hydrogen) atoms. The molecule has 0 aliphatic heterocycles. The summed E-state index contributed by atoms with van der Waals surface area (Å²) in [6.07, 6.45) is 1.30. The van der Waals surface area contributed by atoms with E-state index >= 15 is 0 Å². The third-order valence-electron chi connectivity index (χ3n) is 2.83. The zero-order valence-electron chi connectivity index (χ0n) is 12.0. The summed E-state index contributed by atoms with van der Waals surface area (Å²) in [6, 6.07) is 10.9. The number of phenolic OH excluding ortho intramolecular Hbond substituents is 2. The minimum atomic E-state index is -0.546. The normalized spacial score (nSPS) is 10.6. The second-order valence-corrected chi connectivity index (χ2v) is 4.37. The fraction of sp³-hybridized carbons (Fsp3) is 0.125. The maximum absolute atomic E-state index is 11.8. The fourth-order valence-electron chi connectivity index (χ4n) is 1.78. The van der Waals surface area contributed by atoms with Gasteiger partial charge in [-0.15, -0.1) is 0 Å². The number of hydrogen-bond donors (Lipinski definition) is 3. The first-order valence-corrected chi connectivity index (χ1v) is 6.69. The lowest BCUT2D eigenvalue weighted by Gasteiger charge is -2.05. The molecular formula is C16H16N2O4. The van der Waals surface area contributed by atoms with E-state index in [1.807, 2.05) is 6.92 Å². The van der Waals surface area contributed by atoms with Gasteiger partial charge in [0.15, 0.2) is 0 Å². The van der Waals surface area contributed by atoms with E-state index in [2.05, 4.69) is 10.5 Å². The van der Waals surface area contributed by atoms with Gasteiger partial charge in [-0.3, -0.25) is 4.79 Å². The average Bonchev–Trinajstić information content (AvgIpc) is 2.51. The Morgan fingerprint density at radius 3 is 2.73 bits per heavy atom. The molecule has 0 saturated heterocycles. The molecule has 3 N–H and O–H groups in total. The van der Waals surface area contributed by atoms with Gasteiger partial charge in [-0.25, -0.2) is 5.43 Å². The van der Waals surface area contributed by atoms with E-state index in [4.69, 9.17) is 4.74 Å². The molecule has 0 radical (unpaired) electrons. The summed E-state index contributed by atoms with van der Waals surface area (Å²) in [7, 11) is 0. The molecule has 2 aromatic carbocycles. The Bertz CT molecular complexity index is 698. The Labute approximate surface area is 127 Å². The number of amides is 1. The number of hydrazone groups is 1. The van der Waals surface area contributed by atoms with E-state index in [0.717, 1.165) is 0 Å². The Hall–Kier alpha value is -3.02. The van der Waals surface area contributed by atoms with Crippen LogP contribution in [0.15, 0.2) is 47.6 Å². The highest BCUT2D eigenvalue weighted by atomic mass is 16.5. The maximum Gasteiger partial charge on any atom is 0.275 e. The van der Waals surface area contributed by atoms with Crippen LogP contribution in [0.4, 0.5) is 0 Å². The molecule has 0 aromatic heterocycles. The van der Waals surface area contributed by atoms with Gasteiger partial charge in [-0.1, -0.05) is 12.1 Å². The number of rotatable bonds is 5. The molecule has 6 nitrogen and oxygen atoms in total. The van der Waals surface area contributed by atoms with Crippen LogP contribution >= 0.6 is 0 Å². The number of phenols is 2. The van der Waals surface area contributed by atoms with Crippen LogP contribution in [0.25, 0.3) is 0 Å². The number of ether oxygens (including phenoxy) is 1. The predicted molar refractivity (Wildman–Crippen MR) is 82.4 cm³/mol. The molecule has 2 aromatic rings. The van der Waals surface area contributed by atoms with Crippen LogP contribution < -0.4 is 10.2 Å². The van der Waals surface area contributed by atoms with E-state index in [1.54, 1.807) is 24.3 Å². The molecular weight excluding hydrogens is 284 g/mol. The third kappa shape index (κ3) is 3.76. The molecule has 0 unspecified atom stereocenters. The van der Waals surface area contributed by atoms with Crippen molar-refractivity contribution in [2.45, 2.75) is 6.92 Å². The lowest BCUT2D eigenvalue weighted by atomic mass is 10.2. The number of aromatic hydroxyl groups is 2. The van der Waals surface area contributed by atoms with Gasteiger partial charge in [-0.2, -0.15) is 5.10 Å². The van der Waals surface area contributed by atoms with Gasteiger partial charge < -0.3 is 14.9 Å². The van der Waals surface area contributed by atoms with E-state index < -0.39 is 5.91 Å². The van der Waals surface area contributed by atoms with Gasteiger partial charge >= 0.3 is 0 Å². The Balaban J connectivity index is 2.08. The molecule has 114 valence electrons. The zero-order valence-corrected chi connectivity index (χ0v) is 12.0. The van der Waals surface area contributed by atoms with Crippen LogP contribution in [0.5, 0.6) is 17.2 Å². The van der Waals surface area contributed by atoms with E-state index in [1.165, 1.54) is 24.4 Å². The van der Waals surface area contributed by atoms with Crippen molar-refractivity contribution in [3.8, 4) is 17.2 Å². The van der Waals surface area contributed by atoms with Gasteiger partial charge in [0.2, 0.25) is 0 Å². The molecule has 0 atom stereocenters. The summed E-state index contributed by atoms with van der Waals surface area (Å²) in [6.45, 7) is 2.36. The second kappa shape index (κ2) is 7.12. The van der Waals surface area contributed by atoms with E-state index in [0.29, 0.717) is 17.9 Å². The summed E-state index contributed by atoms with van der Waals surface area (Å²) in [4.78, 5) is 11.8. The maximum atomic E-state index is 11.8. The van der Waals surface area contributed by atoms with E-state index in [-0.39, 0.29) is 17.1 Å². The number of para-hydroxylation sites is 1. The van der Waals surface area contributed by atoms with Gasteiger partial charge in [-0.05, 0) is 37.3 Å². The van der Waals surface area contributed by atoms with Crippen LogP contribution in [0.1, 0.15) is 22.8 Å². The van der Waals surface area contributed by atoms with Crippen molar-refractivity contribution in [3.05, 3.63) is 53.6 Å². The standard InChI is InChI=1S/C16H16N2O4/c1-2-22-12-7-8-14(19)11(9-12)10-17-18-16(21)13-5-3-4-6-15(13)20/h3-10,19-20H,2H2,1H3,(H,18,21). The number of benzene rings is 2. The summed E-state index contributed by atoms with van der Waals surface area (Å²) in [5.74, 6) is -0.0658. The Kier molecular flexibility index (Phi) is 4.98. The van der Waals surface area contributed by atoms with Gasteiger partial charge in [0, 0.05) is 5.56 Å². The second-order valence-electron chi connectivity index (χ2n) is 4.37. The van der Waals surface area contributed by atoms with Gasteiger partial charge in [0.1, 0.15) is 17.2 Å². The monoisotopic (exact) mass is 300 g/mol. The van der Waals surface area contributed by atoms with Crippen LogP contribution in [0.3, 0.4) is 0 Å². The van der Waals surface area contributed by atoms with Crippen molar-refractivity contribution in [3.63, 3.8) is 0 Å². The van der Waals surface area contributed by atoms with Gasteiger partial charge in [0.25, 0.3) is 5.91 Å². The SMILES string of the molecule is CCOc1ccc(O)c(C=NNC(=O)c2ccccc2O)c1. The van der Waals surface area contributed by atoms with Crippen LogP contribution in [-0.2, 0) is 0 Å². The van der Waals surface area contributed by atoms with Crippen molar-refractivity contribution >= 4 is 12.1 Å². The highest BCUT2D eigenvalue weighted by Gasteiger charge is 2.08. The number of carbonyl (C=O) groups is 1. The van der Waals surface area contributed by atoms with E-state index in [9.17, 15) is 15.0 Å². The molecule has 0 fully saturated rings. The minimum Gasteiger partial charge on any atom is -0.507 e. The molecule has 0 saturated carbocycles. The van der Waals surface area contributed by atoms with Crippen molar-refractivity contribution < 1.29 is 19.7 Å². The number of hydrogen-bond acceptors (Lipinski definition) is 5. The summed E-state index contributed by atoms with van der Waals surface area (Å²) in [5.41, 5.74) is 2.81. The predicted octanol–water partition coefficient (Wildman–Crippen LogP) is 2.26. The molecule has 0 bridgehead atoms. The quantitative estimate of drug-likeness (QED) is 0.583. The molecule has 0 aliphatic carbocycles. The van der Waals surface area contributed by atoms with Crippen LogP contribution in [0, 0.1) is 0 Å². The number of nitrogens with zero attached hydrogens (tertiary/aromatic N) is 1. The molecule has 0 aliphatic rings. The van der Waals surface area contributed by atoms with Crippen LogP contribution in [0.2, 0.25) is 0 Å². The van der Waals surface area contributed by atoms with Crippen molar-refractivity contribution in [1.29, 1.82) is 0 Å². The lowest BCUT2D eigenvalue weighted by Crippen LogP contribution is -2.17. The fourth-order valence-corrected chi connectivity index (χ4v) is 1.78. The van der Waals surface area contributed by atoms with Crippen molar-refractivity contribution in [2.75, 3.05) is 6.61 Å². The Morgan fingerprint density at radius 1 is 1.23 bits per heavy atom. The largest absolute Gasteiger partial charge is 0.507 e. The molecule has 0 spiro atoms. The summed E-state index contributed by atoms with van der Waals surface area (Å²) >= 11 is 0. The topological polar surface area (TPSA) is 91.2 Å². The number of carbonyl (C=O) groups excluding carboxylic acids is 1. The first kappa shape index (κ1) is 15.4. The van der Waals surface area contributed by atoms with Crippen molar-refractivity contribution in [2.24, 2.45) is 5.10 Å². The highest BCUT2D eigenvalue weighted by Crippen LogP contribution is 2.21. The first-order valence-electron chi connectivity index (χ1n) is 6.69. The van der Waals surface area contributed by atoms with Crippen molar-refractivity contribution in [1.82, 2.24) is 5.43 Å². The lowest BCUT2D eigenvalue weighted by molar-refractivity contribution is 0.0952. The smallest absolute Gasteiger partial charge is 0.275 e. The molecule has 2 rings (SSSR count). The average molecular weight is 300 g/mol. The first-order chi connectivity index (χ1) is 10.6. The molecule has 6 heteroatoms. The van der Waals surface area contributed by atoms with Crippen LogP contribution in [-0.4, -0.2) is 28.9 Å². The summed E-state index contributed by atoms with van der Waals surface area (Å²) in [5, 5.41) is 23.1. The third-order valence-corrected chi connectivity index (χ3v) is 2.83. The highest BCUT2D eigenvalue weighted by molar-refractivity contribution is 5.97.